The molecule has 0 radical (unpaired) electrons. The van der Waals surface area contributed by atoms with Crippen LogP contribution in [0.3, 0.4) is 0 Å². The maximum absolute atomic E-state index is 14.3. The molecule has 2 aromatic rings. The van der Waals surface area contributed by atoms with E-state index in [4.69, 9.17) is 4.74 Å². The monoisotopic (exact) mass is 436 g/mol. The third-order valence-electron chi connectivity index (χ3n) is 9.63. The van der Waals surface area contributed by atoms with Gasteiger partial charge in [-0.3, -0.25) is 9.69 Å². The first-order chi connectivity index (χ1) is 16.2. The van der Waals surface area contributed by atoms with Crippen molar-refractivity contribution in [1.29, 1.82) is 0 Å². The van der Waals surface area contributed by atoms with E-state index in [9.17, 15) is 4.79 Å². The van der Waals surface area contributed by atoms with Crippen molar-refractivity contribution in [3.8, 4) is 0 Å². The summed E-state index contributed by atoms with van der Waals surface area (Å²) in [6, 6.07) is 18.0. The Hall–Kier alpha value is -2.69. The van der Waals surface area contributed by atoms with Crippen molar-refractivity contribution in [1.82, 2.24) is 4.90 Å². The lowest BCUT2D eigenvalue weighted by molar-refractivity contribution is -0.123. The number of ether oxygens (including phenoxy) is 1. The summed E-state index contributed by atoms with van der Waals surface area (Å²) in [5, 5.41) is 0. The maximum atomic E-state index is 14.3. The van der Waals surface area contributed by atoms with Crippen LogP contribution in [0, 0.1) is 18.8 Å². The number of rotatable bonds is 1. The van der Waals surface area contributed by atoms with Crippen LogP contribution >= 0.6 is 0 Å². The average Bonchev–Trinajstić information content (AvgIpc) is 3.29. The smallest absolute Gasteiger partial charge is 0.257 e. The number of aryl methyl sites for hydroxylation is 1. The topological polar surface area (TPSA) is 32.8 Å². The van der Waals surface area contributed by atoms with Gasteiger partial charge in [0.2, 0.25) is 0 Å². The number of nitrogens with zero attached hydrogens (tertiary/aromatic N) is 2. The lowest BCUT2D eigenvalue weighted by atomic mass is 9.53. The molecule has 0 N–H and O–H groups in total. The molecule has 166 valence electrons. The molecule has 2 aromatic carbocycles. The van der Waals surface area contributed by atoms with E-state index in [1.54, 1.807) is 5.57 Å². The molecule has 8 rings (SSSR count). The van der Waals surface area contributed by atoms with Gasteiger partial charge in [0.1, 0.15) is 0 Å². The van der Waals surface area contributed by atoms with Crippen LogP contribution in [-0.4, -0.2) is 48.7 Å². The van der Waals surface area contributed by atoms with Crippen LogP contribution < -0.4 is 4.90 Å². The average molecular weight is 437 g/mol. The number of para-hydroxylation sites is 1. The summed E-state index contributed by atoms with van der Waals surface area (Å²) in [7, 11) is 0. The minimum absolute atomic E-state index is 0.0420. The van der Waals surface area contributed by atoms with Crippen molar-refractivity contribution in [2.45, 2.75) is 43.4 Å². The van der Waals surface area contributed by atoms with Gasteiger partial charge < -0.3 is 9.64 Å². The van der Waals surface area contributed by atoms with Crippen LogP contribution in [0.15, 0.2) is 65.8 Å². The zero-order valence-corrected chi connectivity index (χ0v) is 18.9. The Balaban J connectivity index is 1.38. The molecule has 2 bridgehead atoms. The normalized spacial score (nSPS) is 38.9. The summed E-state index contributed by atoms with van der Waals surface area (Å²) in [6.07, 6.45) is 6.64. The lowest BCUT2D eigenvalue weighted by Gasteiger charge is -2.59. The van der Waals surface area contributed by atoms with E-state index in [0.717, 1.165) is 36.3 Å². The Kier molecular flexibility index (Phi) is 3.54. The number of fused-ring (bicyclic) bond motifs is 2. The second-order valence-corrected chi connectivity index (χ2v) is 10.9. The minimum Gasteiger partial charge on any atom is -0.369 e. The van der Waals surface area contributed by atoms with Gasteiger partial charge in [-0.25, -0.2) is 0 Å². The Morgan fingerprint density at radius 2 is 1.97 bits per heavy atom. The van der Waals surface area contributed by atoms with Crippen LogP contribution in [0.4, 0.5) is 5.69 Å². The Morgan fingerprint density at radius 1 is 1.12 bits per heavy atom. The van der Waals surface area contributed by atoms with Crippen molar-refractivity contribution >= 4 is 17.7 Å². The zero-order chi connectivity index (χ0) is 21.9. The molecule has 1 spiro atoms. The number of benzene rings is 2. The van der Waals surface area contributed by atoms with E-state index < -0.39 is 0 Å². The van der Waals surface area contributed by atoms with Crippen molar-refractivity contribution in [2.24, 2.45) is 11.8 Å². The number of carbonyl (C=O) groups is 1. The van der Waals surface area contributed by atoms with Gasteiger partial charge in [0.05, 0.1) is 18.8 Å². The van der Waals surface area contributed by atoms with Crippen molar-refractivity contribution in [3.63, 3.8) is 0 Å². The molecule has 4 heteroatoms. The van der Waals surface area contributed by atoms with Crippen LogP contribution in [0.2, 0.25) is 0 Å². The Labute approximate surface area is 194 Å². The van der Waals surface area contributed by atoms with Crippen LogP contribution in [0.1, 0.15) is 29.5 Å². The maximum Gasteiger partial charge on any atom is 0.257 e. The zero-order valence-electron chi connectivity index (χ0n) is 18.9. The molecule has 0 unspecified atom stereocenters. The molecular weight excluding hydrogens is 408 g/mol. The number of piperidine rings is 2. The molecule has 5 heterocycles. The van der Waals surface area contributed by atoms with Gasteiger partial charge >= 0.3 is 0 Å². The quantitative estimate of drug-likeness (QED) is 0.499. The van der Waals surface area contributed by atoms with E-state index in [0.29, 0.717) is 24.5 Å². The summed E-state index contributed by atoms with van der Waals surface area (Å²) >= 11 is 0. The number of hydrogen-bond donors (Lipinski definition) is 0. The Bertz CT molecular complexity index is 1260. The van der Waals surface area contributed by atoms with Gasteiger partial charge in [0.25, 0.3) is 5.91 Å². The number of carbonyl (C=O) groups excluding carboxylic acids is 1. The number of hydrogen-bond acceptors (Lipinski definition) is 3. The molecular formula is C29H28N2O2. The van der Waals surface area contributed by atoms with Gasteiger partial charge in [-0.05, 0) is 55.5 Å². The number of anilines is 1. The first-order valence-electron chi connectivity index (χ1n) is 12.4. The van der Waals surface area contributed by atoms with Crippen LogP contribution in [0.5, 0.6) is 0 Å². The molecule has 1 amide bonds. The summed E-state index contributed by atoms with van der Waals surface area (Å²) in [5.74, 6) is 0.964. The Morgan fingerprint density at radius 3 is 2.85 bits per heavy atom. The molecule has 5 aliphatic heterocycles. The highest BCUT2D eigenvalue weighted by Gasteiger charge is 2.71. The van der Waals surface area contributed by atoms with E-state index in [-0.39, 0.29) is 23.5 Å². The first kappa shape index (κ1) is 18.7. The second-order valence-electron chi connectivity index (χ2n) is 10.9. The van der Waals surface area contributed by atoms with Crippen molar-refractivity contribution in [2.75, 3.05) is 24.6 Å². The van der Waals surface area contributed by atoms with E-state index in [2.05, 4.69) is 77.4 Å². The summed E-state index contributed by atoms with van der Waals surface area (Å²) in [5.41, 5.74) is 7.28. The first-order valence-corrected chi connectivity index (χ1v) is 12.4. The standard InChI is InChI=1S/C29H28N2O2/c1-17-6-8-18(9-7-17)14-21-26-25-20-15-24-29(11-12-30(24)16-19(20)10-13-33-26)22-4-2-3-5-23(22)31(27(25)29)28(21)32/h2-10,14,20,24-27H,11-13,15-16H2,1H3/b21-14+/t20-,24-,25-,26-,27-,29-/m1/s1. The highest BCUT2D eigenvalue weighted by molar-refractivity contribution is 6.12. The highest BCUT2D eigenvalue weighted by Crippen LogP contribution is 2.66. The van der Waals surface area contributed by atoms with E-state index >= 15 is 0 Å². The van der Waals surface area contributed by atoms with Gasteiger partial charge in [-0.15, -0.1) is 0 Å². The minimum atomic E-state index is -0.141. The van der Waals surface area contributed by atoms with E-state index in [1.807, 2.05) is 0 Å². The largest absolute Gasteiger partial charge is 0.369 e. The fourth-order valence-electron chi connectivity index (χ4n) is 8.43. The molecule has 6 aliphatic rings. The molecule has 4 fully saturated rings. The number of amides is 1. The van der Waals surface area contributed by atoms with Gasteiger partial charge in [-0.2, -0.15) is 0 Å². The molecule has 33 heavy (non-hydrogen) atoms. The third kappa shape index (κ3) is 2.17. The van der Waals surface area contributed by atoms with Gasteiger partial charge in [0.15, 0.2) is 0 Å². The molecule has 0 aromatic heterocycles. The van der Waals surface area contributed by atoms with Crippen LogP contribution in [0.25, 0.3) is 6.08 Å². The fourth-order valence-corrected chi connectivity index (χ4v) is 8.43. The predicted octanol–water partition coefficient (Wildman–Crippen LogP) is 4.09. The molecule has 1 aliphatic carbocycles. The van der Waals surface area contributed by atoms with Crippen molar-refractivity contribution in [3.05, 3.63) is 82.4 Å². The van der Waals surface area contributed by atoms with Gasteiger partial charge in [-0.1, -0.05) is 59.7 Å². The molecule has 6 atom stereocenters. The summed E-state index contributed by atoms with van der Waals surface area (Å²) in [4.78, 5) is 19.2. The molecule has 3 saturated heterocycles. The SMILES string of the molecule is Cc1ccc(/C=C2/C(=O)N3c4ccccc4[C@]45CCN6CC7=CCO[C@H]2[C@@H]([C@@H]7C[C@@H]64)[C@@H]35)cc1. The van der Waals surface area contributed by atoms with Crippen molar-refractivity contribution < 1.29 is 9.53 Å². The lowest BCUT2D eigenvalue weighted by Crippen LogP contribution is -2.69. The molecule has 4 nitrogen and oxygen atoms in total. The van der Waals surface area contributed by atoms with Crippen LogP contribution in [-0.2, 0) is 14.9 Å². The second kappa shape index (κ2) is 6.25. The summed E-state index contributed by atoms with van der Waals surface area (Å²) in [6.45, 7) is 4.91. The predicted molar refractivity (Wildman–Crippen MR) is 128 cm³/mol. The third-order valence-corrected chi connectivity index (χ3v) is 9.63. The highest BCUT2D eigenvalue weighted by atomic mass is 16.5. The summed E-state index contributed by atoms with van der Waals surface area (Å²) < 4.78 is 6.59. The van der Waals surface area contributed by atoms with E-state index in [1.165, 1.54) is 17.5 Å². The molecule has 1 saturated carbocycles. The fraction of sp³-hybridized carbons (Fsp3) is 0.414. The van der Waals surface area contributed by atoms with Gasteiger partial charge in [0, 0.05) is 35.2 Å².